The van der Waals surface area contributed by atoms with E-state index in [0.717, 1.165) is 17.7 Å². The number of aliphatic hydroxyl groups is 1. The van der Waals surface area contributed by atoms with Crippen molar-refractivity contribution in [2.45, 2.75) is 84.7 Å². The van der Waals surface area contributed by atoms with Crippen molar-refractivity contribution in [3.05, 3.63) is 41.5 Å². The summed E-state index contributed by atoms with van der Waals surface area (Å²) in [5.41, 5.74) is 1.77. The molecule has 0 bridgehead atoms. The van der Waals surface area contributed by atoms with Gasteiger partial charge in [0.05, 0.1) is 26.4 Å². The molecule has 0 fully saturated rings. The van der Waals surface area contributed by atoms with Gasteiger partial charge in [-0.25, -0.2) is 0 Å². The van der Waals surface area contributed by atoms with E-state index in [9.17, 15) is 9.90 Å². The molecule has 0 spiro atoms. The van der Waals surface area contributed by atoms with Crippen LogP contribution in [0, 0.1) is 5.92 Å². The second-order valence-electron chi connectivity index (χ2n) is 10.3. The number of methoxy groups -OCH3 is 1. The first kappa shape index (κ1) is 28.6. The molecule has 0 amide bonds. The molecule has 1 rings (SSSR count). The molecule has 0 saturated heterocycles. The molecule has 0 aliphatic rings. The minimum absolute atomic E-state index is 0.0141. The maximum atomic E-state index is 12.4. The Hall–Kier alpha value is -1.47. The maximum absolute atomic E-state index is 12.4. The van der Waals surface area contributed by atoms with Gasteiger partial charge in [-0.15, -0.1) is 0 Å². The monoisotopic (exact) mass is 464 g/mol. The Morgan fingerprint density at radius 3 is 2.34 bits per heavy atom. The van der Waals surface area contributed by atoms with E-state index in [1.807, 2.05) is 30.3 Å². The first-order valence-corrected chi connectivity index (χ1v) is 14.5. The third-order valence-electron chi connectivity index (χ3n) is 6.32. The van der Waals surface area contributed by atoms with E-state index >= 15 is 0 Å². The quantitative estimate of drug-likeness (QED) is 0.274. The molecule has 0 unspecified atom stereocenters. The fourth-order valence-electron chi connectivity index (χ4n) is 2.84. The van der Waals surface area contributed by atoms with Crippen molar-refractivity contribution in [2.24, 2.45) is 5.92 Å². The standard InChI is InChI=1S/C26H44O5Si/c1-20(18-30-19-22-10-13-24(29-6)14-11-22)9-12-23(27)17-25(28)21(2)15-16-31-32(7,8)26(3,4)5/h10-11,13-15,20,23,27H,9,12,16-19H2,1-8H3/b21-15+/t20-,23+/m1/s1. The Labute approximate surface area is 196 Å². The molecule has 1 aromatic carbocycles. The SMILES string of the molecule is COc1ccc(COC[C@H](C)CC[C@H](O)CC(=O)/C(C)=C/CO[Si](C)(C)C(C)(C)C)cc1. The fraction of sp³-hybridized carbons (Fsp3) is 0.654. The van der Waals surface area contributed by atoms with E-state index in [0.29, 0.717) is 37.7 Å². The van der Waals surface area contributed by atoms with Crippen LogP contribution in [0.3, 0.4) is 0 Å². The smallest absolute Gasteiger partial charge is 0.192 e. The van der Waals surface area contributed by atoms with Gasteiger partial charge in [-0.3, -0.25) is 4.79 Å². The van der Waals surface area contributed by atoms with Crippen molar-refractivity contribution in [3.8, 4) is 5.75 Å². The third-order valence-corrected chi connectivity index (χ3v) is 10.8. The number of aliphatic hydroxyl groups excluding tert-OH is 1. The summed E-state index contributed by atoms with van der Waals surface area (Å²) in [6.45, 7) is 16.5. The summed E-state index contributed by atoms with van der Waals surface area (Å²) in [5.74, 6) is 1.13. The second-order valence-corrected chi connectivity index (χ2v) is 15.1. The normalized spacial score (nSPS) is 14.8. The number of hydrogen-bond acceptors (Lipinski definition) is 5. The molecule has 6 heteroatoms. The van der Waals surface area contributed by atoms with Crippen LogP contribution in [0.5, 0.6) is 5.75 Å². The largest absolute Gasteiger partial charge is 0.497 e. The lowest BCUT2D eigenvalue weighted by molar-refractivity contribution is -0.117. The predicted octanol–water partition coefficient (Wildman–Crippen LogP) is 5.92. The Balaban J connectivity index is 2.30. The first-order valence-electron chi connectivity index (χ1n) is 11.6. The Morgan fingerprint density at radius 2 is 1.78 bits per heavy atom. The van der Waals surface area contributed by atoms with Crippen LogP contribution < -0.4 is 4.74 Å². The molecule has 1 N–H and O–H groups in total. The maximum Gasteiger partial charge on any atom is 0.192 e. The summed E-state index contributed by atoms with van der Waals surface area (Å²) in [4.78, 5) is 12.4. The molecule has 1 aromatic rings. The lowest BCUT2D eigenvalue weighted by Crippen LogP contribution is -2.40. The van der Waals surface area contributed by atoms with E-state index in [1.165, 1.54) is 0 Å². The van der Waals surface area contributed by atoms with Crippen molar-refractivity contribution >= 4 is 14.1 Å². The highest BCUT2D eigenvalue weighted by molar-refractivity contribution is 6.74. The van der Waals surface area contributed by atoms with Crippen LogP contribution in [0.1, 0.15) is 59.4 Å². The van der Waals surface area contributed by atoms with Crippen LogP contribution in [0.25, 0.3) is 0 Å². The second kappa shape index (κ2) is 13.3. The molecule has 0 saturated carbocycles. The summed E-state index contributed by atoms with van der Waals surface area (Å²) >= 11 is 0. The van der Waals surface area contributed by atoms with Crippen LogP contribution in [0.2, 0.25) is 18.1 Å². The van der Waals surface area contributed by atoms with Crippen molar-refractivity contribution in [3.63, 3.8) is 0 Å². The summed E-state index contributed by atoms with van der Waals surface area (Å²) in [6.07, 6.45) is 2.78. The Kier molecular flexibility index (Phi) is 11.9. The number of ether oxygens (including phenoxy) is 2. The Morgan fingerprint density at radius 1 is 1.16 bits per heavy atom. The van der Waals surface area contributed by atoms with Crippen molar-refractivity contribution in [1.29, 1.82) is 0 Å². The van der Waals surface area contributed by atoms with E-state index in [4.69, 9.17) is 13.9 Å². The molecule has 0 heterocycles. The van der Waals surface area contributed by atoms with Gasteiger partial charge in [-0.05, 0) is 67.1 Å². The zero-order chi connectivity index (χ0) is 24.4. The predicted molar refractivity (Wildman–Crippen MR) is 134 cm³/mol. The number of rotatable bonds is 14. The van der Waals surface area contributed by atoms with Gasteiger partial charge in [0, 0.05) is 13.0 Å². The van der Waals surface area contributed by atoms with Crippen LogP contribution in [-0.4, -0.2) is 45.6 Å². The lowest BCUT2D eigenvalue weighted by atomic mass is 9.99. The molecule has 0 radical (unpaired) electrons. The van der Waals surface area contributed by atoms with Crippen molar-refractivity contribution < 1.29 is 23.8 Å². The topological polar surface area (TPSA) is 65.0 Å². The first-order chi connectivity index (χ1) is 14.9. The third kappa shape index (κ3) is 10.4. The molecule has 32 heavy (non-hydrogen) atoms. The number of benzene rings is 1. The minimum Gasteiger partial charge on any atom is -0.497 e. The van der Waals surface area contributed by atoms with Gasteiger partial charge in [-0.1, -0.05) is 45.9 Å². The summed E-state index contributed by atoms with van der Waals surface area (Å²) in [7, 11) is -0.174. The molecule has 182 valence electrons. The van der Waals surface area contributed by atoms with Crippen LogP contribution >= 0.6 is 0 Å². The van der Waals surface area contributed by atoms with Gasteiger partial charge in [0.2, 0.25) is 0 Å². The highest BCUT2D eigenvalue weighted by atomic mass is 28.4. The van der Waals surface area contributed by atoms with E-state index in [1.54, 1.807) is 14.0 Å². The van der Waals surface area contributed by atoms with Gasteiger partial charge in [-0.2, -0.15) is 0 Å². The van der Waals surface area contributed by atoms with Crippen LogP contribution in [-0.2, 0) is 20.6 Å². The molecule has 2 atom stereocenters. The summed E-state index contributed by atoms with van der Waals surface area (Å²) in [5, 5.41) is 10.4. The molecule has 5 nitrogen and oxygen atoms in total. The molecule has 0 aromatic heterocycles. The Bertz CT molecular complexity index is 719. The number of hydrogen-bond donors (Lipinski definition) is 1. The molecule has 0 aliphatic heterocycles. The highest BCUT2D eigenvalue weighted by Crippen LogP contribution is 2.36. The van der Waals surface area contributed by atoms with Gasteiger partial charge >= 0.3 is 0 Å². The van der Waals surface area contributed by atoms with E-state index < -0.39 is 14.4 Å². The average Bonchev–Trinajstić information content (AvgIpc) is 2.71. The average molecular weight is 465 g/mol. The van der Waals surface area contributed by atoms with Gasteiger partial charge < -0.3 is 19.0 Å². The molecule has 0 aliphatic carbocycles. The number of allylic oxidation sites excluding steroid dienone is 1. The minimum atomic E-state index is -1.82. The van der Waals surface area contributed by atoms with E-state index in [2.05, 4.69) is 40.8 Å². The fourth-order valence-corrected chi connectivity index (χ4v) is 3.78. The summed E-state index contributed by atoms with van der Waals surface area (Å²) in [6, 6.07) is 7.83. The zero-order valence-electron chi connectivity index (χ0n) is 21.4. The van der Waals surface area contributed by atoms with Crippen molar-refractivity contribution in [2.75, 3.05) is 20.3 Å². The molecular formula is C26H44O5Si. The van der Waals surface area contributed by atoms with E-state index in [-0.39, 0.29) is 17.2 Å². The van der Waals surface area contributed by atoms with Gasteiger partial charge in [0.15, 0.2) is 14.1 Å². The van der Waals surface area contributed by atoms with Crippen LogP contribution in [0.15, 0.2) is 35.9 Å². The lowest BCUT2D eigenvalue weighted by Gasteiger charge is -2.35. The zero-order valence-corrected chi connectivity index (χ0v) is 22.4. The van der Waals surface area contributed by atoms with Crippen LogP contribution in [0.4, 0.5) is 0 Å². The number of Topliss-reactive ketones (excluding diaryl/α,β-unsaturated/α-hetero) is 1. The molecular weight excluding hydrogens is 420 g/mol. The van der Waals surface area contributed by atoms with Gasteiger partial charge in [0.1, 0.15) is 5.75 Å². The highest BCUT2D eigenvalue weighted by Gasteiger charge is 2.36. The number of carbonyl (C=O) groups is 1. The number of carbonyl (C=O) groups excluding carboxylic acids is 1. The van der Waals surface area contributed by atoms with Gasteiger partial charge in [0.25, 0.3) is 0 Å². The summed E-state index contributed by atoms with van der Waals surface area (Å²) < 4.78 is 17.1. The number of ketones is 1. The van der Waals surface area contributed by atoms with Crippen molar-refractivity contribution in [1.82, 2.24) is 0 Å².